The molecule has 0 amide bonds. The van der Waals surface area contributed by atoms with Crippen molar-refractivity contribution in [2.24, 2.45) is 0 Å². The number of benzene rings is 2. The lowest BCUT2D eigenvalue weighted by atomic mass is 9.98. The third kappa shape index (κ3) is 2.85. The van der Waals surface area contributed by atoms with Gasteiger partial charge in [0.15, 0.2) is 0 Å². The topological polar surface area (TPSA) is 12.0 Å². The zero-order valence-corrected chi connectivity index (χ0v) is 11.1. The second kappa shape index (κ2) is 5.14. The summed E-state index contributed by atoms with van der Waals surface area (Å²) in [6, 6.07) is 14.4. The van der Waals surface area contributed by atoms with Crippen molar-refractivity contribution in [3.8, 4) is 11.1 Å². The van der Waals surface area contributed by atoms with E-state index in [1.807, 2.05) is 24.3 Å². The van der Waals surface area contributed by atoms with Crippen LogP contribution in [0, 0.1) is 12.7 Å². The third-order valence-electron chi connectivity index (χ3n) is 3.66. The van der Waals surface area contributed by atoms with E-state index in [0.29, 0.717) is 11.6 Å². The summed E-state index contributed by atoms with van der Waals surface area (Å²) in [5, 5.41) is 3.52. The first kappa shape index (κ1) is 12.4. The normalized spacial score (nSPS) is 14.6. The Bertz CT molecular complexity index is 588. The molecular weight excluding hydrogens is 237 g/mol. The third-order valence-corrected chi connectivity index (χ3v) is 3.66. The Morgan fingerprint density at radius 3 is 2.68 bits per heavy atom. The van der Waals surface area contributed by atoms with Gasteiger partial charge in [-0.25, -0.2) is 4.39 Å². The van der Waals surface area contributed by atoms with Gasteiger partial charge in [0.05, 0.1) is 0 Å². The van der Waals surface area contributed by atoms with Gasteiger partial charge in [-0.15, -0.1) is 0 Å². The fourth-order valence-corrected chi connectivity index (χ4v) is 2.26. The van der Waals surface area contributed by atoms with Crippen molar-refractivity contribution < 1.29 is 4.39 Å². The minimum atomic E-state index is -0.137. The van der Waals surface area contributed by atoms with E-state index < -0.39 is 0 Å². The number of nitrogens with one attached hydrogen (secondary N) is 1. The minimum Gasteiger partial charge on any atom is -0.310 e. The van der Waals surface area contributed by atoms with Gasteiger partial charge in [-0.05, 0) is 48.1 Å². The molecule has 1 fully saturated rings. The monoisotopic (exact) mass is 255 g/mol. The highest BCUT2D eigenvalue weighted by Crippen LogP contribution is 2.26. The maximum Gasteiger partial charge on any atom is 0.126 e. The summed E-state index contributed by atoms with van der Waals surface area (Å²) in [5.74, 6) is -0.137. The average Bonchev–Trinajstić information content (AvgIpc) is 3.24. The maximum absolute atomic E-state index is 13.7. The largest absolute Gasteiger partial charge is 0.310 e. The van der Waals surface area contributed by atoms with Crippen LogP contribution in [0.1, 0.15) is 24.0 Å². The van der Waals surface area contributed by atoms with Crippen molar-refractivity contribution in [3.63, 3.8) is 0 Å². The predicted molar refractivity (Wildman–Crippen MR) is 76.4 cm³/mol. The molecule has 0 spiro atoms. The first-order chi connectivity index (χ1) is 9.24. The van der Waals surface area contributed by atoms with Gasteiger partial charge in [-0.1, -0.05) is 36.4 Å². The summed E-state index contributed by atoms with van der Waals surface area (Å²) in [6.07, 6.45) is 2.56. The molecule has 1 nitrogen and oxygen atoms in total. The molecule has 0 atom stereocenters. The van der Waals surface area contributed by atoms with E-state index in [0.717, 1.165) is 17.7 Å². The smallest absolute Gasteiger partial charge is 0.126 e. The number of halogens is 1. The van der Waals surface area contributed by atoms with E-state index >= 15 is 0 Å². The van der Waals surface area contributed by atoms with E-state index in [4.69, 9.17) is 0 Å². The molecule has 0 aromatic heterocycles. The van der Waals surface area contributed by atoms with Crippen molar-refractivity contribution in [2.45, 2.75) is 32.4 Å². The quantitative estimate of drug-likeness (QED) is 0.869. The van der Waals surface area contributed by atoms with E-state index in [2.05, 4.69) is 17.4 Å². The molecule has 0 radical (unpaired) electrons. The molecule has 1 aliphatic carbocycles. The van der Waals surface area contributed by atoms with Crippen LogP contribution in [0.5, 0.6) is 0 Å². The molecule has 3 rings (SSSR count). The maximum atomic E-state index is 13.7. The summed E-state index contributed by atoms with van der Waals surface area (Å²) in [5.41, 5.74) is 4.00. The lowest BCUT2D eigenvalue weighted by Crippen LogP contribution is -2.15. The highest BCUT2D eigenvalue weighted by Gasteiger charge is 2.20. The molecule has 98 valence electrons. The second-order valence-electron chi connectivity index (χ2n) is 5.28. The second-order valence-corrected chi connectivity index (χ2v) is 5.28. The molecule has 1 aliphatic rings. The standard InChI is InChI=1S/C17H18FN/c1-12-6-7-13(10-17(12)18)16-5-3-2-4-14(16)11-19-15-8-9-15/h2-7,10,15,19H,8-9,11H2,1H3. The molecule has 0 heterocycles. The van der Waals surface area contributed by atoms with E-state index in [1.165, 1.54) is 18.4 Å². The zero-order valence-electron chi connectivity index (χ0n) is 11.1. The van der Waals surface area contributed by atoms with Gasteiger partial charge < -0.3 is 5.32 Å². The van der Waals surface area contributed by atoms with Crippen LogP contribution in [0.25, 0.3) is 11.1 Å². The number of rotatable bonds is 4. The van der Waals surface area contributed by atoms with E-state index in [-0.39, 0.29) is 5.82 Å². The lowest BCUT2D eigenvalue weighted by molar-refractivity contribution is 0.619. The first-order valence-corrected chi connectivity index (χ1v) is 6.82. The van der Waals surface area contributed by atoms with Gasteiger partial charge in [0.2, 0.25) is 0 Å². The molecule has 2 aromatic carbocycles. The Morgan fingerprint density at radius 1 is 1.16 bits per heavy atom. The van der Waals surface area contributed by atoms with Crippen LogP contribution >= 0.6 is 0 Å². The molecule has 0 saturated heterocycles. The SMILES string of the molecule is Cc1ccc(-c2ccccc2CNC2CC2)cc1F. The van der Waals surface area contributed by atoms with Crippen molar-refractivity contribution in [3.05, 3.63) is 59.4 Å². The summed E-state index contributed by atoms with van der Waals surface area (Å²) < 4.78 is 13.7. The first-order valence-electron chi connectivity index (χ1n) is 6.82. The molecule has 0 aliphatic heterocycles. The summed E-state index contributed by atoms with van der Waals surface area (Å²) in [4.78, 5) is 0. The van der Waals surface area contributed by atoms with E-state index in [9.17, 15) is 4.39 Å². The van der Waals surface area contributed by atoms with Crippen LogP contribution in [-0.2, 0) is 6.54 Å². The molecule has 19 heavy (non-hydrogen) atoms. The molecular formula is C17H18FN. The number of hydrogen-bond donors (Lipinski definition) is 1. The Balaban J connectivity index is 1.91. The Kier molecular flexibility index (Phi) is 3.34. The van der Waals surface area contributed by atoms with Gasteiger partial charge in [-0.3, -0.25) is 0 Å². The van der Waals surface area contributed by atoms with Gasteiger partial charge in [0, 0.05) is 12.6 Å². The van der Waals surface area contributed by atoms with Gasteiger partial charge in [0.1, 0.15) is 5.82 Å². The summed E-state index contributed by atoms with van der Waals surface area (Å²) >= 11 is 0. The van der Waals surface area contributed by atoms with Crippen molar-refractivity contribution >= 4 is 0 Å². The Morgan fingerprint density at radius 2 is 1.95 bits per heavy atom. The molecule has 0 bridgehead atoms. The number of hydrogen-bond acceptors (Lipinski definition) is 1. The fourth-order valence-electron chi connectivity index (χ4n) is 2.26. The predicted octanol–water partition coefficient (Wildman–Crippen LogP) is 4.05. The highest BCUT2D eigenvalue weighted by atomic mass is 19.1. The summed E-state index contributed by atoms with van der Waals surface area (Å²) in [6.45, 7) is 2.65. The van der Waals surface area contributed by atoms with Crippen LogP contribution in [0.2, 0.25) is 0 Å². The average molecular weight is 255 g/mol. The van der Waals surface area contributed by atoms with Gasteiger partial charge in [-0.2, -0.15) is 0 Å². The van der Waals surface area contributed by atoms with Gasteiger partial charge >= 0.3 is 0 Å². The van der Waals surface area contributed by atoms with Crippen LogP contribution in [0.15, 0.2) is 42.5 Å². The molecule has 0 unspecified atom stereocenters. The lowest BCUT2D eigenvalue weighted by Gasteiger charge is -2.11. The van der Waals surface area contributed by atoms with Crippen LogP contribution < -0.4 is 5.32 Å². The molecule has 1 N–H and O–H groups in total. The minimum absolute atomic E-state index is 0.137. The Labute approximate surface area is 113 Å². The van der Waals surface area contributed by atoms with Crippen molar-refractivity contribution in [1.82, 2.24) is 5.32 Å². The fraction of sp³-hybridized carbons (Fsp3) is 0.294. The number of aryl methyl sites for hydroxylation is 1. The van der Waals surface area contributed by atoms with Crippen molar-refractivity contribution in [1.29, 1.82) is 0 Å². The van der Waals surface area contributed by atoms with Crippen LogP contribution in [-0.4, -0.2) is 6.04 Å². The Hall–Kier alpha value is -1.67. The molecule has 1 saturated carbocycles. The summed E-state index contributed by atoms with van der Waals surface area (Å²) in [7, 11) is 0. The van der Waals surface area contributed by atoms with Crippen LogP contribution in [0.3, 0.4) is 0 Å². The van der Waals surface area contributed by atoms with E-state index in [1.54, 1.807) is 13.0 Å². The van der Waals surface area contributed by atoms with Crippen molar-refractivity contribution in [2.75, 3.05) is 0 Å². The van der Waals surface area contributed by atoms with Crippen LogP contribution in [0.4, 0.5) is 4.39 Å². The van der Waals surface area contributed by atoms with Gasteiger partial charge in [0.25, 0.3) is 0 Å². The highest BCUT2D eigenvalue weighted by molar-refractivity contribution is 5.67. The molecule has 2 heteroatoms. The molecule has 2 aromatic rings. The zero-order chi connectivity index (χ0) is 13.2.